The van der Waals surface area contributed by atoms with E-state index in [-0.39, 0.29) is 5.82 Å². The Balaban J connectivity index is 1.63. The zero-order chi connectivity index (χ0) is 16.5. The number of hydrogen-bond donors (Lipinski definition) is 0. The molecule has 124 valence electrons. The molecule has 0 aliphatic carbocycles. The van der Waals surface area contributed by atoms with Gasteiger partial charge in [-0.2, -0.15) is 0 Å². The van der Waals surface area contributed by atoms with Crippen LogP contribution in [0.2, 0.25) is 0 Å². The van der Waals surface area contributed by atoms with Crippen molar-refractivity contribution >= 4 is 5.57 Å². The second kappa shape index (κ2) is 6.48. The van der Waals surface area contributed by atoms with Crippen molar-refractivity contribution in [1.82, 2.24) is 9.88 Å². The first-order valence-corrected chi connectivity index (χ1v) is 8.84. The fourth-order valence-corrected chi connectivity index (χ4v) is 4.10. The minimum absolute atomic E-state index is 0.193. The molecule has 2 aromatic rings. The van der Waals surface area contributed by atoms with Gasteiger partial charge in [0.05, 0.1) is 0 Å². The molecule has 0 saturated carbocycles. The van der Waals surface area contributed by atoms with E-state index >= 15 is 0 Å². The molecule has 1 aromatic heterocycles. The number of hydrogen-bond acceptors (Lipinski definition) is 2. The van der Waals surface area contributed by atoms with E-state index in [0.29, 0.717) is 17.8 Å². The van der Waals surface area contributed by atoms with Gasteiger partial charge >= 0.3 is 0 Å². The molecule has 1 aromatic carbocycles. The molecular weight excluding hydrogens is 299 g/mol. The Morgan fingerprint density at radius 2 is 1.96 bits per heavy atom. The average Bonchev–Trinajstić information content (AvgIpc) is 2.58. The van der Waals surface area contributed by atoms with Crippen LogP contribution in [-0.4, -0.2) is 22.0 Å². The van der Waals surface area contributed by atoms with Gasteiger partial charge in [0.2, 0.25) is 0 Å². The van der Waals surface area contributed by atoms with Crippen molar-refractivity contribution < 1.29 is 4.39 Å². The predicted molar refractivity (Wildman–Crippen MR) is 94.9 cm³/mol. The number of pyridine rings is 1. The lowest BCUT2D eigenvalue weighted by molar-refractivity contribution is 0.0949. The SMILES string of the molecule is Cc1ccc(F)c(C2=CC3CCCC(C2)N3Cc2ccccc2)n1. The lowest BCUT2D eigenvalue weighted by Gasteiger charge is -2.45. The first kappa shape index (κ1) is 15.5. The Hall–Kier alpha value is -2.00. The molecule has 0 spiro atoms. The number of aryl methyl sites for hydroxylation is 1. The van der Waals surface area contributed by atoms with Crippen molar-refractivity contribution in [2.24, 2.45) is 0 Å². The van der Waals surface area contributed by atoms with E-state index in [4.69, 9.17) is 0 Å². The molecule has 3 heterocycles. The minimum Gasteiger partial charge on any atom is -0.289 e. The van der Waals surface area contributed by atoms with Gasteiger partial charge in [0.25, 0.3) is 0 Å². The second-order valence-corrected chi connectivity index (χ2v) is 6.99. The van der Waals surface area contributed by atoms with Gasteiger partial charge in [-0.1, -0.05) is 42.8 Å². The monoisotopic (exact) mass is 322 g/mol. The van der Waals surface area contributed by atoms with Gasteiger partial charge in [-0.3, -0.25) is 9.88 Å². The van der Waals surface area contributed by atoms with Gasteiger partial charge in [0.1, 0.15) is 11.5 Å². The molecule has 0 amide bonds. The molecule has 2 nitrogen and oxygen atoms in total. The Morgan fingerprint density at radius 1 is 1.12 bits per heavy atom. The highest BCUT2D eigenvalue weighted by atomic mass is 19.1. The third-order valence-corrected chi connectivity index (χ3v) is 5.28. The lowest BCUT2D eigenvalue weighted by Crippen LogP contribution is -2.47. The maximum absolute atomic E-state index is 14.3. The Labute approximate surface area is 143 Å². The fraction of sp³-hybridized carbons (Fsp3) is 0.381. The van der Waals surface area contributed by atoms with Crippen LogP contribution in [0.3, 0.4) is 0 Å². The molecule has 24 heavy (non-hydrogen) atoms. The van der Waals surface area contributed by atoms with Crippen LogP contribution in [0.1, 0.15) is 42.6 Å². The molecule has 2 bridgehead atoms. The Morgan fingerprint density at radius 3 is 2.75 bits per heavy atom. The summed E-state index contributed by atoms with van der Waals surface area (Å²) in [4.78, 5) is 7.06. The number of fused-ring (bicyclic) bond motifs is 2. The van der Waals surface area contributed by atoms with Crippen LogP contribution < -0.4 is 0 Å². The zero-order valence-corrected chi connectivity index (χ0v) is 14.1. The summed E-state index contributed by atoms with van der Waals surface area (Å²) in [6.07, 6.45) is 6.77. The van der Waals surface area contributed by atoms with Gasteiger partial charge in [0.15, 0.2) is 0 Å². The minimum atomic E-state index is -0.193. The molecule has 2 atom stereocenters. The summed E-state index contributed by atoms with van der Waals surface area (Å²) in [5.41, 5.74) is 3.89. The van der Waals surface area contributed by atoms with Crippen molar-refractivity contribution in [2.45, 2.75) is 51.2 Å². The molecule has 0 N–H and O–H groups in total. The summed E-state index contributed by atoms with van der Waals surface area (Å²) >= 11 is 0. The van der Waals surface area contributed by atoms with E-state index in [9.17, 15) is 4.39 Å². The maximum Gasteiger partial charge on any atom is 0.149 e. The first-order chi connectivity index (χ1) is 11.7. The molecule has 1 fully saturated rings. The highest BCUT2D eigenvalue weighted by Crippen LogP contribution is 2.38. The highest BCUT2D eigenvalue weighted by Gasteiger charge is 2.34. The summed E-state index contributed by atoms with van der Waals surface area (Å²) < 4.78 is 14.3. The molecule has 4 rings (SSSR count). The van der Waals surface area contributed by atoms with Crippen molar-refractivity contribution in [3.05, 3.63) is 71.3 Å². The van der Waals surface area contributed by atoms with Crippen LogP contribution >= 0.6 is 0 Å². The van der Waals surface area contributed by atoms with Gasteiger partial charge in [-0.05, 0) is 49.5 Å². The van der Waals surface area contributed by atoms with Crippen LogP contribution in [0.25, 0.3) is 5.57 Å². The highest BCUT2D eigenvalue weighted by molar-refractivity contribution is 5.65. The molecule has 0 radical (unpaired) electrons. The van der Waals surface area contributed by atoms with Gasteiger partial charge in [-0.15, -0.1) is 0 Å². The second-order valence-electron chi connectivity index (χ2n) is 6.99. The van der Waals surface area contributed by atoms with E-state index < -0.39 is 0 Å². The Bertz CT molecular complexity index is 754. The van der Waals surface area contributed by atoms with Crippen LogP contribution in [0.15, 0.2) is 48.5 Å². The molecule has 2 aliphatic rings. The topological polar surface area (TPSA) is 16.1 Å². The van der Waals surface area contributed by atoms with E-state index in [1.165, 1.54) is 18.4 Å². The quantitative estimate of drug-likeness (QED) is 0.811. The van der Waals surface area contributed by atoms with Crippen LogP contribution in [0, 0.1) is 12.7 Å². The summed E-state index contributed by atoms with van der Waals surface area (Å²) in [7, 11) is 0. The van der Waals surface area contributed by atoms with Crippen molar-refractivity contribution in [3.8, 4) is 0 Å². The van der Waals surface area contributed by atoms with Crippen molar-refractivity contribution in [3.63, 3.8) is 0 Å². The predicted octanol–water partition coefficient (Wildman–Crippen LogP) is 4.74. The zero-order valence-electron chi connectivity index (χ0n) is 14.1. The van der Waals surface area contributed by atoms with E-state index in [0.717, 1.165) is 30.7 Å². The van der Waals surface area contributed by atoms with Gasteiger partial charge in [0, 0.05) is 24.3 Å². The van der Waals surface area contributed by atoms with Crippen LogP contribution in [0.5, 0.6) is 0 Å². The molecule has 2 aliphatic heterocycles. The number of piperidine rings is 1. The number of aromatic nitrogens is 1. The van der Waals surface area contributed by atoms with Crippen LogP contribution in [-0.2, 0) is 6.54 Å². The largest absolute Gasteiger partial charge is 0.289 e. The number of nitrogens with zero attached hydrogens (tertiary/aromatic N) is 2. The molecule has 1 saturated heterocycles. The molecular formula is C21H23FN2. The maximum atomic E-state index is 14.3. The third kappa shape index (κ3) is 3.01. The fourth-order valence-electron chi connectivity index (χ4n) is 4.10. The lowest BCUT2D eigenvalue weighted by atomic mass is 9.83. The number of rotatable bonds is 3. The molecule has 2 unspecified atom stereocenters. The van der Waals surface area contributed by atoms with E-state index in [2.05, 4.69) is 46.3 Å². The number of halogens is 1. The summed E-state index contributed by atoms with van der Waals surface area (Å²) in [6, 6.07) is 14.8. The van der Waals surface area contributed by atoms with Crippen molar-refractivity contribution in [1.29, 1.82) is 0 Å². The summed E-state index contributed by atoms with van der Waals surface area (Å²) in [6.45, 7) is 2.90. The van der Waals surface area contributed by atoms with Crippen LogP contribution in [0.4, 0.5) is 4.39 Å². The standard InChI is InChI=1S/C21H23FN2/c1-15-10-11-20(22)21(23-15)17-12-18-8-5-9-19(13-17)24(18)14-16-6-3-2-4-7-16/h2-4,6-7,10-12,18-19H,5,8-9,13-14H2,1H3. The smallest absolute Gasteiger partial charge is 0.149 e. The van der Waals surface area contributed by atoms with Gasteiger partial charge < -0.3 is 0 Å². The summed E-state index contributed by atoms with van der Waals surface area (Å²) in [5, 5.41) is 0. The Kier molecular flexibility index (Phi) is 4.19. The first-order valence-electron chi connectivity index (χ1n) is 8.84. The third-order valence-electron chi connectivity index (χ3n) is 5.28. The van der Waals surface area contributed by atoms with E-state index in [1.807, 2.05) is 6.92 Å². The van der Waals surface area contributed by atoms with Gasteiger partial charge in [-0.25, -0.2) is 4.39 Å². The van der Waals surface area contributed by atoms with E-state index in [1.54, 1.807) is 12.1 Å². The average molecular weight is 322 g/mol. The summed E-state index contributed by atoms with van der Waals surface area (Å²) in [5.74, 6) is -0.193. The normalized spacial score (nSPS) is 23.8. The number of benzene rings is 1. The molecule has 3 heteroatoms. The van der Waals surface area contributed by atoms with Crippen molar-refractivity contribution in [2.75, 3.05) is 0 Å².